The zero-order chi connectivity index (χ0) is 22.9. The van der Waals surface area contributed by atoms with Crippen LogP contribution in [-0.4, -0.2) is 69.9 Å². The zero-order valence-electron chi connectivity index (χ0n) is 18.9. The Morgan fingerprint density at radius 3 is 2.61 bits per heavy atom. The van der Waals surface area contributed by atoms with E-state index in [1.807, 2.05) is 36.1 Å². The number of aromatic nitrogens is 3. The first-order valence-corrected chi connectivity index (χ1v) is 11.3. The summed E-state index contributed by atoms with van der Waals surface area (Å²) in [4.78, 5) is 37.2. The van der Waals surface area contributed by atoms with E-state index in [0.717, 1.165) is 41.0 Å². The molecule has 3 aromatic rings. The van der Waals surface area contributed by atoms with Crippen molar-refractivity contribution in [2.45, 2.75) is 32.7 Å². The molecular weight excluding hydrogens is 422 g/mol. The predicted molar refractivity (Wildman–Crippen MR) is 120 cm³/mol. The summed E-state index contributed by atoms with van der Waals surface area (Å²) in [5.74, 6) is 1.97. The lowest BCUT2D eigenvalue weighted by atomic mass is 9.93. The molecule has 3 heterocycles. The highest BCUT2D eigenvalue weighted by atomic mass is 16.5. The Labute approximate surface area is 191 Å². The summed E-state index contributed by atoms with van der Waals surface area (Å²) < 4.78 is 10.6. The molecule has 1 amide bonds. The van der Waals surface area contributed by atoms with E-state index in [0.29, 0.717) is 56.6 Å². The molecule has 1 aliphatic carbocycles. The van der Waals surface area contributed by atoms with Gasteiger partial charge in [-0.05, 0) is 49.6 Å². The van der Waals surface area contributed by atoms with Crippen molar-refractivity contribution in [3.8, 4) is 17.1 Å². The van der Waals surface area contributed by atoms with Gasteiger partial charge >= 0.3 is 0 Å². The number of H-pyrrole nitrogens is 1. The molecule has 9 heteroatoms. The predicted octanol–water partition coefficient (Wildman–Crippen LogP) is 2.86. The van der Waals surface area contributed by atoms with Gasteiger partial charge in [-0.15, -0.1) is 0 Å². The number of aromatic amines is 1. The lowest BCUT2D eigenvalue weighted by Gasteiger charge is -2.33. The summed E-state index contributed by atoms with van der Waals surface area (Å²) in [6.45, 7) is 5.05. The summed E-state index contributed by atoms with van der Waals surface area (Å²) in [7, 11) is 1.63. The van der Waals surface area contributed by atoms with Crippen molar-refractivity contribution < 1.29 is 18.8 Å². The second kappa shape index (κ2) is 8.82. The van der Waals surface area contributed by atoms with Crippen molar-refractivity contribution >= 4 is 11.7 Å². The third kappa shape index (κ3) is 4.16. The molecule has 172 valence electrons. The molecule has 2 aliphatic rings. The number of Topliss-reactive ketones (excluding diaryl/α,β-unsaturated/α-hetero) is 1. The van der Waals surface area contributed by atoms with Gasteiger partial charge in [0.1, 0.15) is 11.4 Å². The van der Waals surface area contributed by atoms with E-state index in [4.69, 9.17) is 9.26 Å². The van der Waals surface area contributed by atoms with Crippen LogP contribution in [0.4, 0.5) is 0 Å². The van der Waals surface area contributed by atoms with Crippen molar-refractivity contribution in [3.63, 3.8) is 0 Å². The van der Waals surface area contributed by atoms with Gasteiger partial charge in [0.2, 0.25) is 11.7 Å². The number of benzene rings is 1. The fourth-order valence-corrected chi connectivity index (χ4v) is 4.62. The van der Waals surface area contributed by atoms with E-state index in [-0.39, 0.29) is 11.7 Å². The summed E-state index contributed by atoms with van der Waals surface area (Å²) in [5.41, 5.74) is 3.86. The standard InChI is InChI=1S/C24H27N5O4/c1-15-21-18(4-3-5-19(21)30)25-22(15)24(31)29-12-10-28(11-13-29)14-20-26-23(27-33-20)16-6-8-17(32-2)9-7-16/h6-9,25H,3-5,10-14H2,1-2H3. The first kappa shape index (κ1) is 21.4. The third-order valence-electron chi connectivity index (χ3n) is 6.49. The van der Waals surface area contributed by atoms with E-state index in [1.54, 1.807) is 7.11 Å². The minimum atomic E-state index is -0.0334. The Morgan fingerprint density at radius 2 is 1.91 bits per heavy atom. The fourth-order valence-electron chi connectivity index (χ4n) is 4.62. The highest BCUT2D eigenvalue weighted by molar-refractivity contribution is 6.04. The Morgan fingerprint density at radius 1 is 1.15 bits per heavy atom. The number of piperazine rings is 1. The normalized spacial score (nSPS) is 16.7. The average molecular weight is 450 g/mol. The summed E-state index contributed by atoms with van der Waals surface area (Å²) in [6.07, 6.45) is 2.23. The maximum atomic E-state index is 13.1. The number of hydrogen-bond donors (Lipinski definition) is 1. The van der Waals surface area contributed by atoms with Crippen LogP contribution in [0.25, 0.3) is 11.4 Å². The maximum absolute atomic E-state index is 13.1. The lowest BCUT2D eigenvalue weighted by Crippen LogP contribution is -2.48. The number of amides is 1. The molecule has 0 bridgehead atoms. The number of carbonyl (C=O) groups is 2. The minimum Gasteiger partial charge on any atom is -0.497 e. The zero-order valence-corrected chi connectivity index (χ0v) is 18.9. The smallest absolute Gasteiger partial charge is 0.270 e. The number of ether oxygens (including phenoxy) is 1. The summed E-state index contributed by atoms with van der Waals surface area (Å²) >= 11 is 0. The van der Waals surface area contributed by atoms with E-state index in [1.165, 1.54) is 0 Å². The van der Waals surface area contributed by atoms with Crippen LogP contribution in [0, 0.1) is 6.92 Å². The number of hydrogen-bond acceptors (Lipinski definition) is 7. The molecule has 1 aromatic carbocycles. The van der Waals surface area contributed by atoms with Gasteiger partial charge in [0.25, 0.3) is 5.91 Å². The van der Waals surface area contributed by atoms with Crippen LogP contribution < -0.4 is 4.74 Å². The van der Waals surface area contributed by atoms with Gasteiger partial charge in [0.15, 0.2) is 5.78 Å². The van der Waals surface area contributed by atoms with Crippen LogP contribution in [0.15, 0.2) is 28.8 Å². The Hall–Kier alpha value is -3.46. The molecule has 2 aromatic heterocycles. The largest absolute Gasteiger partial charge is 0.497 e. The van der Waals surface area contributed by atoms with Crippen molar-refractivity contribution in [1.29, 1.82) is 0 Å². The maximum Gasteiger partial charge on any atom is 0.270 e. The van der Waals surface area contributed by atoms with Gasteiger partial charge in [-0.1, -0.05) is 5.16 Å². The number of ketones is 1. The molecule has 0 atom stereocenters. The number of fused-ring (bicyclic) bond motifs is 1. The number of aryl methyl sites for hydroxylation is 1. The van der Waals surface area contributed by atoms with Crippen molar-refractivity contribution in [3.05, 3.63) is 52.7 Å². The highest BCUT2D eigenvalue weighted by Crippen LogP contribution is 2.27. The first-order chi connectivity index (χ1) is 16.0. The molecule has 1 aliphatic heterocycles. The van der Waals surface area contributed by atoms with Crippen LogP contribution in [0.3, 0.4) is 0 Å². The van der Waals surface area contributed by atoms with Crippen LogP contribution in [0.2, 0.25) is 0 Å². The van der Waals surface area contributed by atoms with Crippen molar-refractivity contribution in [1.82, 2.24) is 24.9 Å². The highest BCUT2D eigenvalue weighted by Gasteiger charge is 2.30. The third-order valence-corrected chi connectivity index (χ3v) is 6.49. The average Bonchev–Trinajstić information content (AvgIpc) is 3.44. The molecule has 0 radical (unpaired) electrons. The van der Waals surface area contributed by atoms with E-state index in [9.17, 15) is 9.59 Å². The topological polar surface area (TPSA) is 105 Å². The van der Waals surface area contributed by atoms with E-state index >= 15 is 0 Å². The quantitative estimate of drug-likeness (QED) is 0.639. The van der Waals surface area contributed by atoms with Gasteiger partial charge < -0.3 is 19.1 Å². The number of carbonyl (C=O) groups excluding carboxylic acids is 2. The van der Waals surface area contributed by atoms with Gasteiger partial charge in [-0.25, -0.2) is 0 Å². The molecule has 1 saturated heterocycles. The molecule has 0 spiro atoms. The second-order valence-corrected chi connectivity index (χ2v) is 8.56. The number of nitrogens with one attached hydrogen (secondary N) is 1. The Balaban J connectivity index is 1.19. The summed E-state index contributed by atoms with van der Waals surface area (Å²) in [6, 6.07) is 7.51. The molecule has 1 N–H and O–H groups in total. The van der Waals surface area contributed by atoms with E-state index < -0.39 is 0 Å². The molecule has 1 fully saturated rings. The number of nitrogens with zero attached hydrogens (tertiary/aromatic N) is 4. The molecular formula is C24H27N5O4. The monoisotopic (exact) mass is 449 g/mol. The fraction of sp³-hybridized carbons (Fsp3) is 0.417. The van der Waals surface area contributed by atoms with Crippen LogP contribution in [0.1, 0.15) is 50.8 Å². The van der Waals surface area contributed by atoms with Gasteiger partial charge in [0.05, 0.1) is 13.7 Å². The Kier molecular flexibility index (Phi) is 5.72. The second-order valence-electron chi connectivity index (χ2n) is 8.56. The van der Waals surface area contributed by atoms with Gasteiger partial charge in [-0.2, -0.15) is 4.98 Å². The van der Waals surface area contributed by atoms with Crippen LogP contribution in [0.5, 0.6) is 5.75 Å². The molecule has 33 heavy (non-hydrogen) atoms. The number of methoxy groups -OCH3 is 1. The van der Waals surface area contributed by atoms with Crippen LogP contribution >= 0.6 is 0 Å². The minimum absolute atomic E-state index is 0.0334. The first-order valence-electron chi connectivity index (χ1n) is 11.3. The van der Waals surface area contributed by atoms with Crippen molar-refractivity contribution in [2.24, 2.45) is 0 Å². The van der Waals surface area contributed by atoms with Gasteiger partial charge in [-0.3, -0.25) is 14.5 Å². The number of rotatable bonds is 5. The lowest BCUT2D eigenvalue weighted by molar-refractivity contribution is 0.0609. The van der Waals surface area contributed by atoms with Crippen LogP contribution in [-0.2, 0) is 13.0 Å². The molecule has 0 unspecified atom stereocenters. The SMILES string of the molecule is COc1ccc(-c2noc(CN3CCN(C(=O)c4[nH]c5c(c4C)C(=O)CCC5)CC3)n2)cc1. The molecule has 5 rings (SSSR count). The Bertz CT molecular complexity index is 1170. The summed E-state index contributed by atoms with van der Waals surface area (Å²) in [5, 5.41) is 4.09. The molecule has 0 saturated carbocycles. The van der Waals surface area contributed by atoms with E-state index in [2.05, 4.69) is 20.0 Å². The van der Waals surface area contributed by atoms with Crippen molar-refractivity contribution in [2.75, 3.05) is 33.3 Å². The molecule has 9 nitrogen and oxygen atoms in total. The van der Waals surface area contributed by atoms with Gasteiger partial charge in [0, 0.05) is 49.4 Å².